The summed E-state index contributed by atoms with van der Waals surface area (Å²) < 4.78 is 15.7. The van der Waals surface area contributed by atoms with Crippen molar-refractivity contribution in [2.75, 3.05) is 25.7 Å². The van der Waals surface area contributed by atoms with Crippen molar-refractivity contribution in [3.8, 4) is 17.2 Å². The molecule has 1 aromatic heterocycles. The first-order valence-electron chi connectivity index (χ1n) is 5.99. The van der Waals surface area contributed by atoms with Crippen LogP contribution in [0, 0.1) is 0 Å². The number of hydrogen-bond acceptors (Lipinski definition) is 7. The zero-order valence-corrected chi connectivity index (χ0v) is 13.2. The highest BCUT2D eigenvalue weighted by molar-refractivity contribution is 9.06. The third-order valence-electron chi connectivity index (χ3n) is 2.90. The first-order valence-corrected chi connectivity index (χ1v) is 6.64. The van der Waals surface area contributed by atoms with Gasteiger partial charge in [-0.05, 0) is 17.7 Å². The van der Waals surface area contributed by atoms with Gasteiger partial charge in [0.15, 0.2) is 27.8 Å². The van der Waals surface area contributed by atoms with Crippen molar-refractivity contribution in [1.29, 1.82) is 0 Å². The summed E-state index contributed by atoms with van der Waals surface area (Å²) in [4.78, 5) is 7.88. The molecule has 0 atom stereocenters. The lowest BCUT2D eigenvalue weighted by Crippen LogP contribution is -2.04. The number of aromatic nitrogens is 2. The molecule has 0 fully saturated rings. The van der Waals surface area contributed by atoms with Gasteiger partial charge in [-0.1, -0.05) is 0 Å². The highest BCUT2D eigenvalue weighted by atomic mass is 79.9. The number of methoxy groups -OCH3 is 2. The van der Waals surface area contributed by atoms with Crippen LogP contribution in [-0.4, -0.2) is 24.2 Å². The average molecular weight is 355 g/mol. The maximum atomic E-state index is 5.84. The summed E-state index contributed by atoms with van der Waals surface area (Å²) in [5.74, 6) is 2.05. The molecule has 0 saturated carbocycles. The molecule has 1 heterocycles. The Morgan fingerprint density at radius 1 is 1.14 bits per heavy atom. The molecule has 0 radical (unpaired) electrons. The van der Waals surface area contributed by atoms with E-state index in [-0.39, 0.29) is 5.95 Å². The summed E-state index contributed by atoms with van der Waals surface area (Å²) >= 11 is 2.95. The van der Waals surface area contributed by atoms with E-state index >= 15 is 0 Å². The molecule has 8 heteroatoms. The minimum absolute atomic E-state index is 0.146. The minimum atomic E-state index is 0.146. The van der Waals surface area contributed by atoms with Crippen LogP contribution < -0.4 is 24.8 Å². The first kappa shape index (κ1) is 15.2. The molecular formula is C13H15BrN4O3. The number of anilines is 2. The Kier molecular flexibility index (Phi) is 4.69. The van der Waals surface area contributed by atoms with Crippen molar-refractivity contribution in [2.24, 2.45) is 0 Å². The number of nitrogens with two attached hydrogens (primary N) is 2. The second kappa shape index (κ2) is 6.49. The molecule has 4 N–H and O–H groups in total. The Bertz CT molecular complexity index is 626. The summed E-state index contributed by atoms with van der Waals surface area (Å²) in [6.07, 6.45) is 2.11. The first-order chi connectivity index (χ1) is 10.1. The second-order valence-electron chi connectivity index (χ2n) is 4.22. The van der Waals surface area contributed by atoms with Crippen LogP contribution in [0.15, 0.2) is 18.3 Å². The van der Waals surface area contributed by atoms with Crippen LogP contribution in [0.2, 0.25) is 0 Å². The Labute approximate surface area is 130 Å². The highest BCUT2D eigenvalue weighted by Gasteiger charge is 2.15. The zero-order valence-electron chi connectivity index (χ0n) is 11.6. The SMILES string of the molecule is COc1cc(Cc2cnc(N)nc2N)cc(OBr)c1OC. The standard InChI is InChI=1S/C13H15BrN4O3/c1-19-9-4-7(5-10(21-14)11(9)20-2)3-8-6-17-13(16)18-12(8)15/h4-6H,3H2,1-2H3,(H4,15,16,17,18). The average Bonchev–Trinajstić information content (AvgIpc) is 2.49. The smallest absolute Gasteiger partial charge is 0.221 e. The number of halogens is 1. The molecule has 0 amide bonds. The fourth-order valence-corrected chi connectivity index (χ4v) is 2.17. The van der Waals surface area contributed by atoms with E-state index in [0.717, 1.165) is 11.1 Å². The number of benzene rings is 1. The Hall–Kier alpha value is -2.22. The number of rotatable bonds is 5. The fraction of sp³-hybridized carbons (Fsp3) is 0.231. The van der Waals surface area contributed by atoms with E-state index < -0.39 is 0 Å². The minimum Gasteiger partial charge on any atom is -0.493 e. The monoisotopic (exact) mass is 354 g/mol. The number of nitrogens with zero attached hydrogens (tertiary/aromatic N) is 2. The van der Waals surface area contributed by atoms with Crippen LogP contribution in [0.1, 0.15) is 11.1 Å². The Morgan fingerprint density at radius 3 is 2.43 bits per heavy atom. The van der Waals surface area contributed by atoms with Crippen molar-refractivity contribution in [2.45, 2.75) is 6.42 Å². The van der Waals surface area contributed by atoms with E-state index in [1.54, 1.807) is 20.4 Å². The molecule has 112 valence electrons. The van der Waals surface area contributed by atoms with Crippen LogP contribution in [0.3, 0.4) is 0 Å². The van der Waals surface area contributed by atoms with Crippen LogP contribution in [0.5, 0.6) is 17.2 Å². The topological polar surface area (TPSA) is 106 Å². The van der Waals surface area contributed by atoms with Crippen molar-refractivity contribution >= 4 is 28.0 Å². The van der Waals surface area contributed by atoms with E-state index in [1.165, 1.54) is 0 Å². The summed E-state index contributed by atoms with van der Waals surface area (Å²) in [6, 6.07) is 3.65. The maximum Gasteiger partial charge on any atom is 0.221 e. The van der Waals surface area contributed by atoms with Gasteiger partial charge in [-0.2, -0.15) is 4.98 Å². The van der Waals surface area contributed by atoms with Gasteiger partial charge in [-0.3, -0.25) is 0 Å². The molecule has 7 nitrogen and oxygen atoms in total. The van der Waals surface area contributed by atoms with Gasteiger partial charge < -0.3 is 24.8 Å². The van der Waals surface area contributed by atoms with Crippen LogP contribution in [0.25, 0.3) is 0 Å². The van der Waals surface area contributed by atoms with Crippen molar-refractivity contribution in [1.82, 2.24) is 9.97 Å². The number of nitrogen functional groups attached to an aromatic ring is 2. The molecule has 2 aromatic rings. The van der Waals surface area contributed by atoms with Crippen LogP contribution in [0.4, 0.5) is 11.8 Å². The molecule has 21 heavy (non-hydrogen) atoms. The third-order valence-corrected chi connectivity index (χ3v) is 3.25. The van der Waals surface area contributed by atoms with E-state index in [4.69, 9.17) is 24.8 Å². The summed E-state index contributed by atoms with van der Waals surface area (Å²) in [7, 11) is 3.10. The van der Waals surface area contributed by atoms with Gasteiger partial charge in [-0.15, -0.1) is 0 Å². The lowest BCUT2D eigenvalue weighted by molar-refractivity contribution is 0.347. The maximum absolute atomic E-state index is 5.84. The quantitative estimate of drug-likeness (QED) is 0.844. The van der Waals surface area contributed by atoms with Crippen molar-refractivity contribution in [3.05, 3.63) is 29.5 Å². The van der Waals surface area contributed by atoms with E-state index in [9.17, 15) is 0 Å². The summed E-state index contributed by atoms with van der Waals surface area (Å²) in [6.45, 7) is 0. The van der Waals surface area contributed by atoms with E-state index in [1.807, 2.05) is 12.1 Å². The Morgan fingerprint density at radius 2 is 1.86 bits per heavy atom. The summed E-state index contributed by atoms with van der Waals surface area (Å²) in [5, 5.41) is 0. The number of hydrogen-bond donors (Lipinski definition) is 2. The molecule has 0 bridgehead atoms. The van der Waals surface area contributed by atoms with Crippen molar-refractivity contribution in [3.63, 3.8) is 0 Å². The predicted molar refractivity (Wildman–Crippen MR) is 82.8 cm³/mol. The largest absolute Gasteiger partial charge is 0.493 e. The molecule has 0 aliphatic heterocycles. The van der Waals surface area contributed by atoms with Gasteiger partial charge in [0.2, 0.25) is 11.7 Å². The summed E-state index contributed by atoms with van der Waals surface area (Å²) in [5.41, 5.74) is 13.0. The molecular weight excluding hydrogens is 340 g/mol. The van der Waals surface area contributed by atoms with Gasteiger partial charge in [-0.25, -0.2) is 4.98 Å². The van der Waals surface area contributed by atoms with Gasteiger partial charge >= 0.3 is 0 Å². The molecule has 2 rings (SSSR count). The van der Waals surface area contributed by atoms with Crippen LogP contribution in [-0.2, 0) is 6.42 Å². The molecule has 0 spiro atoms. The molecule has 0 unspecified atom stereocenters. The molecule has 0 aliphatic carbocycles. The van der Waals surface area contributed by atoms with Gasteiger partial charge in [0.05, 0.1) is 14.2 Å². The lowest BCUT2D eigenvalue weighted by atomic mass is 10.1. The highest BCUT2D eigenvalue weighted by Crippen LogP contribution is 2.39. The molecule has 0 aliphatic rings. The molecule has 0 saturated heterocycles. The fourth-order valence-electron chi connectivity index (χ4n) is 1.93. The third kappa shape index (κ3) is 3.27. The van der Waals surface area contributed by atoms with Gasteiger partial charge in [0.1, 0.15) is 5.82 Å². The van der Waals surface area contributed by atoms with E-state index in [0.29, 0.717) is 29.5 Å². The predicted octanol–water partition coefficient (Wildman–Crippen LogP) is 1.94. The normalized spacial score (nSPS) is 10.2. The molecule has 1 aromatic carbocycles. The lowest BCUT2D eigenvalue weighted by Gasteiger charge is -2.13. The number of ether oxygens (including phenoxy) is 2. The van der Waals surface area contributed by atoms with Crippen LogP contribution >= 0.6 is 16.3 Å². The zero-order chi connectivity index (χ0) is 15.4. The van der Waals surface area contributed by atoms with E-state index in [2.05, 4.69) is 26.2 Å². The van der Waals surface area contributed by atoms with Crippen molar-refractivity contribution < 1.29 is 13.3 Å². The van der Waals surface area contributed by atoms with Gasteiger partial charge in [0.25, 0.3) is 0 Å². The second-order valence-corrected chi connectivity index (χ2v) is 4.55. The Balaban J connectivity index is 2.40. The van der Waals surface area contributed by atoms with Gasteiger partial charge in [0, 0.05) is 18.2 Å².